The molecular formula is C27H27ClN2O4. The molecule has 0 radical (unpaired) electrons. The maximum absolute atomic E-state index is 13.5. The van der Waals surface area contributed by atoms with Gasteiger partial charge < -0.3 is 20.1 Å². The molecule has 4 rings (SSSR count). The number of benzene rings is 3. The summed E-state index contributed by atoms with van der Waals surface area (Å²) >= 11 is 6.16. The largest absolute Gasteiger partial charge is 0.493 e. The van der Waals surface area contributed by atoms with Crippen LogP contribution in [-0.2, 0) is 11.2 Å². The lowest BCUT2D eigenvalue weighted by Crippen LogP contribution is -2.41. The molecule has 2 amide bonds. The van der Waals surface area contributed by atoms with Crippen LogP contribution in [0.4, 0.5) is 5.69 Å². The number of ether oxygens (including phenoxy) is 2. The van der Waals surface area contributed by atoms with E-state index in [4.69, 9.17) is 26.8 Å². The second-order valence-corrected chi connectivity index (χ2v) is 8.78. The van der Waals surface area contributed by atoms with Crippen molar-refractivity contribution in [3.63, 3.8) is 0 Å². The average Bonchev–Trinajstić information content (AvgIpc) is 2.83. The molecule has 7 heteroatoms. The van der Waals surface area contributed by atoms with Gasteiger partial charge in [-0.1, -0.05) is 30.7 Å². The number of fused-ring (bicyclic) bond motifs is 1. The molecule has 0 saturated heterocycles. The van der Waals surface area contributed by atoms with Gasteiger partial charge in [0, 0.05) is 16.3 Å². The lowest BCUT2D eigenvalue weighted by molar-refractivity contribution is -0.118. The summed E-state index contributed by atoms with van der Waals surface area (Å²) in [4.78, 5) is 26.8. The van der Waals surface area contributed by atoms with E-state index in [-0.39, 0.29) is 18.4 Å². The number of nitrogens with two attached hydrogens (primary N) is 1. The van der Waals surface area contributed by atoms with Crippen molar-refractivity contribution in [1.82, 2.24) is 0 Å². The van der Waals surface area contributed by atoms with Crippen molar-refractivity contribution in [3.05, 3.63) is 87.9 Å². The van der Waals surface area contributed by atoms with Gasteiger partial charge in [-0.05, 0) is 78.6 Å². The highest BCUT2D eigenvalue weighted by Crippen LogP contribution is 2.43. The molecule has 1 heterocycles. The monoisotopic (exact) mass is 478 g/mol. The minimum atomic E-state index is -0.518. The molecule has 34 heavy (non-hydrogen) atoms. The van der Waals surface area contributed by atoms with Gasteiger partial charge in [-0.2, -0.15) is 0 Å². The predicted octanol–water partition coefficient (Wildman–Crippen LogP) is 5.30. The third-order valence-electron chi connectivity index (χ3n) is 6.11. The standard InChI is InChI=1S/C27H27ClN2O4/c1-4-16(2)34-24-15-22-19(13-23(24)33-3)14-25(31)30(21-11-7-18(8-12-21)27(29)32)26(22)17-5-9-20(28)10-6-17/h5-13,15-16,26H,4,14H2,1-3H3,(H2,29,32). The molecule has 1 aliphatic rings. The number of anilines is 1. The lowest BCUT2D eigenvalue weighted by Gasteiger charge is -2.38. The first-order valence-corrected chi connectivity index (χ1v) is 11.5. The minimum Gasteiger partial charge on any atom is -0.493 e. The molecule has 0 bridgehead atoms. The Morgan fingerprint density at radius 2 is 1.79 bits per heavy atom. The number of carbonyl (C=O) groups excluding carboxylic acids is 2. The van der Waals surface area contributed by atoms with E-state index < -0.39 is 11.9 Å². The molecule has 3 aromatic carbocycles. The second-order valence-electron chi connectivity index (χ2n) is 8.34. The third kappa shape index (κ3) is 4.59. The van der Waals surface area contributed by atoms with Crippen molar-refractivity contribution in [2.45, 2.75) is 38.8 Å². The van der Waals surface area contributed by atoms with E-state index in [9.17, 15) is 9.59 Å². The van der Waals surface area contributed by atoms with Gasteiger partial charge in [0.2, 0.25) is 11.8 Å². The fraction of sp³-hybridized carbons (Fsp3) is 0.259. The quantitative estimate of drug-likeness (QED) is 0.499. The van der Waals surface area contributed by atoms with Crippen molar-refractivity contribution in [2.24, 2.45) is 5.73 Å². The van der Waals surface area contributed by atoms with Crippen molar-refractivity contribution in [2.75, 3.05) is 12.0 Å². The molecule has 3 aromatic rings. The number of hydrogen-bond donors (Lipinski definition) is 1. The molecule has 1 aliphatic heterocycles. The Labute approximate surface area is 204 Å². The minimum absolute atomic E-state index is 0.00333. The summed E-state index contributed by atoms with van der Waals surface area (Å²) in [5, 5.41) is 0.610. The Hall–Kier alpha value is -3.51. The molecule has 2 unspecified atom stereocenters. The van der Waals surface area contributed by atoms with E-state index in [1.54, 1.807) is 36.3 Å². The Morgan fingerprint density at radius 3 is 2.38 bits per heavy atom. The number of primary amides is 1. The highest BCUT2D eigenvalue weighted by molar-refractivity contribution is 6.30. The van der Waals surface area contributed by atoms with E-state index in [2.05, 4.69) is 6.92 Å². The summed E-state index contributed by atoms with van der Waals surface area (Å²) in [7, 11) is 1.60. The predicted molar refractivity (Wildman–Crippen MR) is 133 cm³/mol. The van der Waals surface area contributed by atoms with Gasteiger partial charge in [0.25, 0.3) is 0 Å². The first-order valence-electron chi connectivity index (χ1n) is 11.2. The molecule has 0 spiro atoms. The van der Waals surface area contributed by atoms with Gasteiger partial charge in [0.1, 0.15) is 0 Å². The Kier molecular flexibility index (Phi) is 6.80. The van der Waals surface area contributed by atoms with Crippen LogP contribution in [-0.4, -0.2) is 25.0 Å². The maximum Gasteiger partial charge on any atom is 0.248 e. The van der Waals surface area contributed by atoms with Crippen molar-refractivity contribution < 1.29 is 19.1 Å². The van der Waals surface area contributed by atoms with Crippen LogP contribution in [0.3, 0.4) is 0 Å². The molecule has 0 fully saturated rings. The fourth-order valence-corrected chi connectivity index (χ4v) is 4.29. The normalized spacial score (nSPS) is 16.1. The summed E-state index contributed by atoms with van der Waals surface area (Å²) in [5.74, 6) is 0.640. The summed E-state index contributed by atoms with van der Waals surface area (Å²) in [6.07, 6.45) is 1.05. The molecule has 2 atom stereocenters. The van der Waals surface area contributed by atoms with Crippen LogP contribution in [0.25, 0.3) is 0 Å². The number of nitrogens with zero attached hydrogens (tertiary/aromatic N) is 1. The summed E-state index contributed by atoms with van der Waals surface area (Å²) in [5.41, 5.74) is 9.17. The van der Waals surface area contributed by atoms with Crippen LogP contribution in [0.1, 0.15) is 53.4 Å². The lowest BCUT2D eigenvalue weighted by atomic mass is 9.86. The maximum atomic E-state index is 13.5. The SMILES string of the molecule is CCC(C)Oc1cc2c(cc1OC)CC(=O)N(c1ccc(C(N)=O)cc1)C2c1ccc(Cl)cc1. The Balaban J connectivity index is 1.89. The van der Waals surface area contributed by atoms with Crippen molar-refractivity contribution in [1.29, 1.82) is 0 Å². The van der Waals surface area contributed by atoms with Crippen molar-refractivity contribution >= 4 is 29.1 Å². The van der Waals surface area contributed by atoms with Crippen LogP contribution in [0.5, 0.6) is 11.5 Å². The molecule has 2 N–H and O–H groups in total. The van der Waals surface area contributed by atoms with E-state index in [0.717, 1.165) is 23.1 Å². The van der Waals surface area contributed by atoms with E-state index >= 15 is 0 Å². The zero-order valence-corrected chi connectivity index (χ0v) is 20.1. The summed E-state index contributed by atoms with van der Waals surface area (Å²) in [6.45, 7) is 4.06. The summed E-state index contributed by atoms with van der Waals surface area (Å²) in [6, 6.07) is 17.6. The number of carbonyl (C=O) groups is 2. The van der Waals surface area contributed by atoms with Crippen LogP contribution in [0.15, 0.2) is 60.7 Å². The Bertz CT molecular complexity index is 1210. The zero-order valence-electron chi connectivity index (χ0n) is 19.4. The van der Waals surface area contributed by atoms with Gasteiger partial charge >= 0.3 is 0 Å². The number of methoxy groups -OCH3 is 1. The van der Waals surface area contributed by atoms with Gasteiger partial charge in [-0.3, -0.25) is 9.59 Å². The highest BCUT2D eigenvalue weighted by Gasteiger charge is 2.36. The smallest absolute Gasteiger partial charge is 0.248 e. The Morgan fingerprint density at radius 1 is 1.12 bits per heavy atom. The number of amides is 2. The molecule has 6 nitrogen and oxygen atoms in total. The van der Waals surface area contributed by atoms with Gasteiger partial charge in [-0.15, -0.1) is 0 Å². The molecular weight excluding hydrogens is 452 g/mol. The molecule has 0 aliphatic carbocycles. The number of halogens is 1. The van der Waals surface area contributed by atoms with E-state index in [0.29, 0.717) is 27.8 Å². The van der Waals surface area contributed by atoms with Gasteiger partial charge in [0.05, 0.1) is 25.7 Å². The first-order chi connectivity index (χ1) is 16.3. The van der Waals surface area contributed by atoms with Crippen LogP contribution < -0.4 is 20.1 Å². The number of hydrogen-bond acceptors (Lipinski definition) is 4. The van der Waals surface area contributed by atoms with Crippen LogP contribution >= 0.6 is 11.6 Å². The number of rotatable bonds is 7. The fourth-order valence-electron chi connectivity index (χ4n) is 4.16. The topological polar surface area (TPSA) is 81.9 Å². The summed E-state index contributed by atoms with van der Waals surface area (Å²) < 4.78 is 11.7. The first kappa shape index (κ1) is 23.6. The van der Waals surface area contributed by atoms with Gasteiger partial charge in [-0.25, -0.2) is 0 Å². The zero-order chi connectivity index (χ0) is 24.4. The third-order valence-corrected chi connectivity index (χ3v) is 6.36. The highest BCUT2D eigenvalue weighted by atomic mass is 35.5. The van der Waals surface area contributed by atoms with E-state index in [1.165, 1.54) is 0 Å². The van der Waals surface area contributed by atoms with Gasteiger partial charge in [0.15, 0.2) is 11.5 Å². The van der Waals surface area contributed by atoms with Crippen LogP contribution in [0.2, 0.25) is 5.02 Å². The molecule has 176 valence electrons. The van der Waals surface area contributed by atoms with Crippen LogP contribution in [0, 0.1) is 0 Å². The van der Waals surface area contributed by atoms with E-state index in [1.807, 2.05) is 43.3 Å². The second kappa shape index (κ2) is 9.77. The van der Waals surface area contributed by atoms with Crippen molar-refractivity contribution in [3.8, 4) is 11.5 Å². The molecule has 0 aromatic heterocycles. The molecule has 0 saturated carbocycles. The average molecular weight is 479 g/mol.